The van der Waals surface area contributed by atoms with Crippen LogP contribution in [0.25, 0.3) is 0 Å². The number of rotatable bonds is 2. The Labute approximate surface area is 114 Å². The predicted molar refractivity (Wildman–Crippen MR) is 74.2 cm³/mol. The summed E-state index contributed by atoms with van der Waals surface area (Å²) in [6, 6.07) is 7.54. The van der Waals surface area contributed by atoms with Crippen molar-refractivity contribution < 1.29 is 13.7 Å². The van der Waals surface area contributed by atoms with E-state index in [2.05, 4.69) is 0 Å². The fourth-order valence-electron chi connectivity index (χ4n) is 2.32. The summed E-state index contributed by atoms with van der Waals surface area (Å²) in [5.41, 5.74) is -0.0315. The number of hydrogen-bond acceptors (Lipinski definition) is 2. The minimum absolute atomic E-state index is 0.339. The van der Waals surface area contributed by atoms with E-state index in [9.17, 15) is 4.39 Å². The van der Waals surface area contributed by atoms with Crippen molar-refractivity contribution in [3.8, 4) is 0 Å². The smallest absolute Gasteiger partial charge is 0.399 e. The molecular weight excluding hydrogens is 242 g/mol. The van der Waals surface area contributed by atoms with Gasteiger partial charge in [-0.05, 0) is 51.6 Å². The lowest BCUT2D eigenvalue weighted by atomic mass is 9.78. The molecule has 0 aromatic heterocycles. The third-order valence-electron chi connectivity index (χ3n) is 4.64. The first-order valence-electron chi connectivity index (χ1n) is 6.89. The minimum atomic E-state index is -1.07. The molecule has 2 fully saturated rings. The molecule has 1 aliphatic carbocycles. The van der Waals surface area contributed by atoms with E-state index in [-0.39, 0.29) is 18.3 Å². The van der Waals surface area contributed by atoms with Gasteiger partial charge in [0.05, 0.1) is 11.2 Å². The molecule has 0 spiro atoms. The molecule has 2 nitrogen and oxygen atoms in total. The van der Waals surface area contributed by atoms with E-state index < -0.39 is 5.67 Å². The molecule has 0 bridgehead atoms. The van der Waals surface area contributed by atoms with Gasteiger partial charge in [0.15, 0.2) is 0 Å². The fraction of sp³-hybridized carbons (Fsp3) is 0.600. The molecule has 0 amide bonds. The van der Waals surface area contributed by atoms with E-state index in [1.165, 1.54) is 0 Å². The van der Waals surface area contributed by atoms with Crippen LogP contribution in [-0.2, 0) is 15.0 Å². The number of benzene rings is 1. The Bertz CT molecular complexity index is 475. The number of halogens is 1. The summed E-state index contributed by atoms with van der Waals surface area (Å²) in [6.45, 7) is 8.12. The molecule has 2 aliphatic rings. The van der Waals surface area contributed by atoms with Crippen LogP contribution in [0.3, 0.4) is 0 Å². The van der Waals surface area contributed by atoms with E-state index in [4.69, 9.17) is 9.31 Å². The summed E-state index contributed by atoms with van der Waals surface area (Å²) in [5, 5.41) is 0. The third kappa shape index (κ3) is 2.11. The van der Waals surface area contributed by atoms with Gasteiger partial charge in [-0.15, -0.1) is 0 Å². The van der Waals surface area contributed by atoms with Crippen LogP contribution in [0.2, 0.25) is 0 Å². The highest BCUT2D eigenvalue weighted by Crippen LogP contribution is 2.49. The zero-order valence-corrected chi connectivity index (χ0v) is 12.0. The van der Waals surface area contributed by atoms with E-state index in [0.717, 1.165) is 11.0 Å². The summed E-state index contributed by atoms with van der Waals surface area (Å²) in [5.74, 6) is 0. The van der Waals surface area contributed by atoms with Gasteiger partial charge in [-0.2, -0.15) is 0 Å². The van der Waals surface area contributed by atoms with Crippen molar-refractivity contribution >= 4 is 12.6 Å². The van der Waals surface area contributed by atoms with Gasteiger partial charge in [0.2, 0.25) is 0 Å². The molecule has 102 valence electrons. The highest BCUT2D eigenvalue weighted by molar-refractivity contribution is 6.62. The van der Waals surface area contributed by atoms with Crippen molar-refractivity contribution in [1.82, 2.24) is 0 Å². The first kappa shape index (κ1) is 13.1. The second-order valence-corrected chi connectivity index (χ2v) is 6.68. The Kier molecular flexibility index (Phi) is 2.65. The second kappa shape index (κ2) is 3.83. The standard InChI is InChI=1S/C15H20BFO2/c1-13(2)14(3,4)19-16(18-13)12-7-5-11(6-8-12)15(17)9-10-15/h5-8H,9-10H2,1-4H3. The summed E-state index contributed by atoms with van der Waals surface area (Å²) in [7, 11) is -0.367. The van der Waals surface area contributed by atoms with E-state index in [0.29, 0.717) is 12.8 Å². The normalized spacial score (nSPS) is 26.5. The van der Waals surface area contributed by atoms with Gasteiger partial charge in [-0.3, -0.25) is 0 Å². The van der Waals surface area contributed by atoms with Crippen molar-refractivity contribution in [2.75, 3.05) is 0 Å². The highest BCUT2D eigenvalue weighted by atomic mass is 19.1. The number of alkyl halides is 1. The van der Waals surface area contributed by atoms with Crippen LogP contribution in [0.1, 0.15) is 46.1 Å². The van der Waals surface area contributed by atoms with Gasteiger partial charge in [0.25, 0.3) is 0 Å². The topological polar surface area (TPSA) is 18.5 Å². The molecule has 19 heavy (non-hydrogen) atoms. The Hall–Kier alpha value is -0.865. The third-order valence-corrected chi connectivity index (χ3v) is 4.64. The molecule has 0 atom stereocenters. The Morgan fingerprint density at radius 2 is 1.42 bits per heavy atom. The van der Waals surface area contributed by atoms with Crippen molar-refractivity contribution in [1.29, 1.82) is 0 Å². The number of hydrogen-bond donors (Lipinski definition) is 0. The van der Waals surface area contributed by atoms with Gasteiger partial charge in [0, 0.05) is 0 Å². The molecule has 1 aliphatic heterocycles. The summed E-state index contributed by atoms with van der Waals surface area (Å²) in [6.07, 6.45) is 1.28. The summed E-state index contributed by atoms with van der Waals surface area (Å²) < 4.78 is 25.9. The molecule has 3 rings (SSSR count). The molecule has 4 heteroatoms. The molecular formula is C15H20BFO2. The monoisotopic (exact) mass is 262 g/mol. The molecule has 0 N–H and O–H groups in total. The van der Waals surface area contributed by atoms with Crippen LogP contribution < -0.4 is 5.46 Å². The fourth-order valence-corrected chi connectivity index (χ4v) is 2.32. The van der Waals surface area contributed by atoms with Gasteiger partial charge in [-0.1, -0.05) is 24.3 Å². The average Bonchev–Trinajstić information content (AvgIpc) is 3.02. The Morgan fingerprint density at radius 1 is 0.947 bits per heavy atom. The maximum atomic E-state index is 13.9. The zero-order valence-electron chi connectivity index (χ0n) is 12.0. The molecule has 1 heterocycles. The van der Waals surface area contributed by atoms with Crippen molar-refractivity contribution in [2.45, 2.75) is 57.4 Å². The SMILES string of the molecule is CC1(C)OB(c2ccc(C3(F)CC3)cc2)OC1(C)C. The van der Waals surface area contributed by atoms with Crippen LogP contribution in [0.4, 0.5) is 4.39 Å². The lowest BCUT2D eigenvalue weighted by molar-refractivity contribution is 0.00578. The molecule has 0 unspecified atom stereocenters. The van der Waals surface area contributed by atoms with Crippen LogP contribution in [0.5, 0.6) is 0 Å². The lowest BCUT2D eigenvalue weighted by Gasteiger charge is -2.32. The van der Waals surface area contributed by atoms with Gasteiger partial charge in [0.1, 0.15) is 5.67 Å². The zero-order chi connectivity index (χ0) is 13.9. The van der Waals surface area contributed by atoms with Crippen molar-refractivity contribution in [3.63, 3.8) is 0 Å². The van der Waals surface area contributed by atoms with Crippen LogP contribution in [-0.4, -0.2) is 18.3 Å². The quantitative estimate of drug-likeness (QED) is 0.763. The van der Waals surface area contributed by atoms with Crippen LogP contribution in [0.15, 0.2) is 24.3 Å². The van der Waals surface area contributed by atoms with E-state index in [1.54, 1.807) is 0 Å². The average molecular weight is 262 g/mol. The van der Waals surface area contributed by atoms with E-state index >= 15 is 0 Å². The Balaban J connectivity index is 1.81. The van der Waals surface area contributed by atoms with Crippen molar-refractivity contribution in [3.05, 3.63) is 29.8 Å². The molecule has 1 aromatic rings. The molecule has 1 aromatic carbocycles. The highest BCUT2D eigenvalue weighted by Gasteiger charge is 2.52. The lowest BCUT2D eigenvalue weighted by Crippen LogP contribution is -2.41. The first-order chi connectivity index (χ1) is 8.74. The van der Waals surface area contributed by atoms with Gasteiger partial charge in [-0.25, -0.2) is 4.39 Å². The van der Waals surface area contributed by atoms with E-state index in [1.807, 2.05) is 52.0 Å². The van der Waals surface area contributed by atoms with Crippen molar-refractivity contribution in [2.24, 2.45) is 0 Å². The largest absolute Gasteiger partial charge is 0.494 e. The van der Waals surface area contributed by atoms with Gasteiger partial charge < -0.3 is 9.31 Å². The maximum Gasteiger partial charge on any atom is 0.494 e. The Morgan fingerprint density at radius 3 is 1.84 bits per heavy atom. The second-order valence-electron chi connectivity index (χ2n) is 6.68. The van der Waals surface area contributed by atoms with Gasteiger partial charge >= 0.3 is 7.12 Å². The van der Waals surface area contributed by atoms with Crippen LogP contribution in [0, 0.1) is 0 Å². The molecule has 1 saturated heterocycles. The summed E-state index contributed by atoms with van der Waals surface area (Å²) >= 11 is 0. The molecule has 0 radical (unpaired) electrons. The molecule has 1 saturated carbocycles. The maximum absolute atomic E-state index is 13.9. The van der Waals surface area contributed by atoms with Crippen LogP contribution >= 0.6 is 0 Å². The minimum Gasteiger partial charge on any atom is -0.399 e. The summed E-state index contributed by atoms with van der Waals surface area (Å²) in [4.78, 5) is 0. The first-order valence-corrected chi connectivity index (χ1v) is 6.89. The predicted octanol–water partition coefficient (Wildman–Crippen LogP) is 2.94.